The maximum absolute atomic E-state index is 11.4. The summed E-state index contributed by atoms with van der Waals surface area (Å²) >= 11 is 0. The Morgan fingerprint density at radius 1 is 1.62 bits per heavy atom. The number of carbonyl (C=O) groups excluding carboxylic acids is 1. The molecule has 1 amide bonds. The highest BCUT2D eigenvalue weighted by molar-refractivity contribution is 5.75. The van der Waals surface area contributed by atoms with E-state index in [1.54, 1.807) is 0 Å². The first-order valence-corrected chi connectivity index (χ1v) is 6.32. The Morgan fingerprint density at radius 2 is 2.44 bits per heavy atom. The fourth-order valence-corrected chi connectivity index (χ4v) is 1.92. The van der Waals surface area contributed by atoms with Crippen LogP contribution in [0.15, 0.2) is 0 Å². The third kappa shape index (κ3) is 6.08. The average Bonchev–Trinajstić information content (AvgIpc) is 2.70. The lowest BCUT2D eigenvalue weighted by Crippen LogP contribution is -2.27. The number of nitrogens with two attached hydrogens (primary N) is 1. The zero-order valence-electron chi connectivity index (χ0n) is 10.2. The van der Waals surface area contributed by atoms with Gasteiger partial charge in [-0.1, -0.05) is 0 Å². The summed E-state index contributed by atoms with van der Waals surface area (Å²) in [6, 6.07) is 0.194. The summed E-state index contributed by atoms with van der Waals surface area (Å²) in [7, 11) is 0. The predicted molar refractivity (Wildman–Crippen MR) is 64.1 cm³/mol. The van der Waals surface area contributed by atoms with Crippen molar-refractivity contribution in [1.82, 2.24) is 5.32 Å². The van der Waals surface area contributed by atoms with Gasteiger partial charge in [-0.15, -0.1) is 0 Å². The molecule has 1 aliphatic heterocycles. The van der Waals surface area contributed by atoms with Gasteiger partial charge in [-0.05, 0) is 39.0 Å². The predicted octanol–water partition coefficient (Wildman–Crippen LogP) is 1.19. The van der Waals surface area contributed by atoms with Gasteiger partial charge in [-0.3, -0.25) is 4.79 Å². The van der Waals surface area contributed by atoms with Gasteiger partial charge in [-0.2, -0.15) is 0 Å². The van der Waals surface area contributed by atoms with Crippen molar-refractivity contribution in [2.24, 2.45) is 5.73 Å². The van der Waals surface area contributed by atoms with Crippen LogP contribution in [0.3, 0.4) is 0 Å². The van der Waals surface area contributed by atoms with Crippen LogP contribution in [0.1, 0.15) is 45.4 Å². The second kappa shape index (κ2) is 7.63. The van der Waals surface area contributed by atoms with Gasteiger partial charge in [0.25, 0.3) is 0 Å². The Balaban J connectivity index is 1.93. The third-order valence-electron chi connectivity index (χ3n) is 2.88. The lowest BCUT2D eigenvalue weighted by atomic mass is 10.1. The summed E-state index contributed by atoms with van der Waals surface area (Å²) in [4.78, 5) is 11.4. The van der Waals surface area contributed by atoms with Crippen molar-refractivity contribution in [3.8, 4) is 0 Å². The number of rotatable bonds is 7. The Labute approximate surface area is 97.9 Å². The Morgan fingerprint density at radius 3 is 3.06 bits per heavy atom. The van der Waals surface area contributed by atoms with E-state index in [1.165, 1.54) is 0 Å². The molecule has 0 bridgehead atoms. The van der Waals surface area contributed by atoms with Crippen LogP contribution in [0, 0.1) is 0 Å². The van der Waals surface area contributed by atoms with Crippen LogP contribution in [-0.2, 0) is 9.53 Å². The van der Waals surface area contributed by atoms with Gasteiger partial charge in [0.05, 0.1) is 6.10 Å². The van der Waals surface area contributed by atoms with Gasteiger partial charge < -0.3 is 15.8 Å². The molecule has 1 rings (SSSR count). The summed E-state index contributed by atoms with van der Waals surface area (Å²) in [5.41, 5.74) is 5.61. The van der Waals surface area contributed by atoms with Crippen molar-refractivity contribution in [1.29, 1.82) is 0 Å². The molecule has 0 aliphatic carbocycles. The van der Waals surface area contributed by atoms with E-state index in [1.807, 2.05) is 6.92 Å². The van der Waals surface area contributed by atoms with E-state index in [0.29, 0.717) is 12.5 Å². The molecule has 2 atom stereocenters. The molecule has 3 N–H and O–H groups in total. The number of nitrogens with one attached hydrogen (secondary N) is 1. The van der Waals surface area contributed by atoms with Gasteiger partial charge in [0.15, 0.2) is 0 Å². The highest BCUT2D eigenvalue weighted by Gasteiger charge is 2.14. The minimum absolute atomic E-state index is 0.138. The molecular weight excluding hydrogens is 204 g/mol. The average molecular weight is 228 g/mol. The highest BCUT2D eigenvalue weighted by atomic mass is 16.5. The summed E-state index contributed by atoms with van der Waals surface area (Å²) < 4.78 is 5.48. The molecule has 0 radical (unpaired) electrons. The topological polar surface area (TPSA) is 64.4 Å². The van der Waals surface area contributed by atoms with Gasteiger partial charge in [0.2, 0.25) is 5.91 Å². The lowest BCUT2D eigenvalue weighted by Gasteiger charge is -2.10. The van der Waals surface area contributed by atoms with Gasteiger partial charge in [0.1, 0.15) is 0 Å². The van der Waals surface area contributed by atoms with Gasteiger partial charge >= 0.3 is 0 Å². The molecule has 4 heteroatoms. The molecule has 2 unspecified atom stereocenters. The first-order valence-electron chi connectivity index (χ1n) is 6.32. The highest BCUT2D eigenvalue weighted by Crippen LogP contribution is 2.14. The third-order valence-corrected chi connectivity index (χ3v) is 2.88. The number of carbonyl (C=O) groups is 1. The molecule has 1 aliphatic rings. The Hall–Kier alpha value is -0.610. The molecule has 1 fully saturated rings. The molecule has 0 aromatic heterocycles. The summed E-state index contributed by atoms with van der Waals surface area (Å²) in [6.07, 6.45) is 5.99. The number of amides is 1. The Bertz CT molecular complexity index is 201. The number of hydrogen-bond donors (Lipinski definition) is 2. The molecule has 94 valence electrons. The minimum atomic E-state index is 0.138. The van der Waals surface area contributed by atoms with E-state index in [-0.39, 0.29) is 11.9 Å². The molecule has 0 aromatic carbocycles. The van der Waals surface area contributed by atoms with Crippen molar-refractivity contribution in [2.75, 3.05) is 13.2 Å². The first kappa shape index (κ1) is 13.5. The monoisotopic (exact) mass is 228 g/mol. The molecule has 4 nitrogen and oxygen atoms in total. The van der Waals surface area contributed by atoms with Crippen LogP contribution in [0.4, 0.5) is 0 Å². The normalized spacial score (nSPS) is 22.0. The summed E-state index contributed by atoms with van der Waals surface area (Å²) in [5.74, 6) is 0.138. The molecule has 1 saturated heterocycles. The second-order valence-corrected chi connectivity index (χ2v) is 4.64. The van der Waals surface area contributed by atoms with E-state index in [0.717, 1.165) is 45.3 Å². The van der Waals surface area contributed by atoms with E-state index < -0.39 is 0 Å². The lowest BCUT2D eigenvalue weighted by molar-refractivity contribution is -0.121. The summed E-state index contributed by atoms with van der Waals surface area (Å²) in [5, 5.41) is 2.92. The SMILES string of the molecule is CC(N)CCCC(=O)NCCC1CCCO1. The Kier molecular flexibility index (Phi) is 6.42. The van der Waals surface area contributed by atoms with E-state index in [4.69, 9.17) is 10.5 Å². The maximum Gasteiger partial charge on any atom is 0.219 e. The van der Waals surface area contributed by atoms with Crippen LogP contribution >= 0.6 is 0 Å². The van der Waals surface area contributed by atoms with Crippen LogP contribution in [0.25, 0.3) is 0 Å². The molecular formula is C12H24N2O2. The summed E-state index contributed by atoms with van der Waals surface area (Å²) in [6.45, 7) is 3.59. The number of ether oxygens (including phenoxy) is 1. The standard InChI is InChI=1S/C12H24N2O2/c1-10(13)4-2-6-12(15)14-8-7-11-5-3-9-16-11/h10-11H,2-9,13H2,1H3,(H,14,15). The molecule has 0 spiro atoms. The maximum atomic E-state index is 11.4. The van der Waals surface area contributed by atoms with Crippen molar-refractivity contribution < 1.29 is 9.53 Å². The van der Waals surface area contributed by atoms with E-state index in [2.05, 4.69) is 5.32 Å². The molecule has 16 heavy (non-hydrogen) atoms. The van der Waals surface area contributed by atoms with Crippen LogP contribution in [0.5, 0.6) is 0 Å². The van der Waals surface area contributed by atoms with Gasteiger partial charge in [0, 0.05) is 25.6 Å². The second-order valence-electron chi connectivity index (χ2n) is 4.64. The van der Waals surface area contributed by atoms with E-state index in [9.17, 15) is 4.79 Å². The van der Waals surface area contributed by atoms with Crippen molar-refractivity contribution in [3.05, 3.63) is 0 Å². The van der Waals surface area contributed by atoms with Crippen LogP contribution in [-0.4, -0.2) is 31.2 Å². The van der Waals surface area contributed by atoms with Crippen molar-refractivity contribution >= 4 is 5.91 Å². The fraction of sp³-hybridized carbons (Fsp3) is 0.917. The zero-order valence-corrected chi connectivity index (χ0v) is 10.2. The van der Waals surface area contributed by atoms with Crippen molar-refractivity contribution in [3.63, 3.8) is 0 Å². The molecule has 1 heterocycles. The largest absolute Gasteiger partial charge is 0.378 e. The van der Waals surface area contributed by atoms with Crippen LogP contribution in [0.2, 0.25) is 0 Å². The van der Waals surface area contributed by atoms with Gasteiger partial charge in [-0.25, -0.2) is 0 Å². The minimum Gasteiger partial charge on any atom is -0.378 e. The molecule has 0 saturated carbocycles. The first-order chi connectivity index (χ1) is 7.68. The zero-order chi connectivity index (χ0) is 11.8. The van der Waals surface area contributed by atoms with Crippen LogP contribution < -0.4 is 11.1 Å². The number of hydrogen-bond acceptors (Lipinski definition) is 3. The smallest absolute Gasteiger partial charge is 0.219 e. The fourth-order valence-electron chi connectivity index (χ4n) is 1.92. The quantitative estimate of drug-likeness (QED) is 0.688. The molecule has 0 aromatic rings. The van der Waals surface area contributed by atoms with E-state index >= 15 is 0 Å². The van der Waals surface area contributed by atoms with Crippen molar-refractivity contribution in [2.45, 2.75) is 57.6 Å².